The average Bonchev–Trinajstić information content (AvgIpc) is 3.15. The van der Waals surface area contributed by atoms with Gasteiger partial charge in [0.1, 0.15) is 16.5 Å². The van der Waals surface area contributed by atoms with Crippen molar-refractivity contribution in [2.75, 3.05) is 11.9 Å². The monoisotopic (exact) mass is 410 g/mol. The number of unbranched alkanes of at least 4 members (excludes halogenated alkanes) is 3. The molecule has 2 N–H and O–H groups in total. The fourth-order valence-electron chi connectivity index (χ4n) is 3.20. The van der Waals surface area contributed by atoms with Gasteiger partial charge in [-0.1, -0.05) is 45.2 Å². The van der Waals surface area contributed by atoms with E-state index < -0.39 is 0 Å². The summed E-state index contributed by atoms with van der Waals surface area (Å²) in [6.07, 6.45) is 5.63. The first-order valence-corrected chi connectivity index (χ1v) is 11.3. The lowest BCUT2D eigenvalue weighted by Gasteiger charge is -2.09. The molecule has 29 heavy (non-hydrogen) atoms. The molecule has 0 saturated heterocycles. The largest absolute Gasteiger partial charge is 0.365 e. The fourth-order valence-corrected chi connectivity index (χ4v) is 4.22. The summed E-state index contributed by atoms with van der Waals surface area (Å²) < 4.78 is 0. The molecule has 0 aliphatic heterocycles. The molecule has 0 atom stereocenters. The summed E-state index contributed by atoms with van der Waals surface area (Å²) in [5, 5.41) is 7.52. The molecule has 0 aliphatic rings. The second-order valence-electron chi connectivity index (χ2n) is 7.27. The number of thiophene rings is 1. The highest BCUT2D eigenvalue weighted by atomic mass is 32.1. The molecule has 0 bridgehead atoms. The van der Waals surface area contributed by atoms with E-state index in [4.69, 9.17) is 0 Å². The third-order valence-electron chi connectivity index (χ3n) is 4.90. The molecule has 0 unspecified atom stereocenters. The van der Waals surface area contributed by atoms with Crippen LogP contribution in [0.25, 0.3) is 10.2 Å². The number of nitrogens with zero attached hydrogens (tertiary/aromatic N) is 2. The summed E-state index contributed by atoms with van der Waals surface area (Å²) >= 11 is 1.73. The van der Waals surface area contributed by atoms with Crippen molar-refractivity contribution in [3.8, 4) is 0 Å². The van der Waals surface area contributed by atoms with Gasteiger partial charge in [-0.2, -0.15) is 0 Å². The zero-order chi connectivity index (χ0) is 20.6. The molecule has 0 spiro atoms. The van der Waals surface area contributed by atoms with Crippen molar-refractivity contribution in [1.82, 2.24) is 15.3 Å². The van der Waals surface area contributed by atoms with E-state index in [9.17, 15) is 4.79 Å². The van der Waals surface area contributed by atoms with Crippen LogP contribution in [0.1, 0.15) is 66.2 Å². The summed E-state index contributed by atoms with van der Waals surface area (Å²) in [5.41, 5.74) is 1.81. The lowest BCUT2D eigenvalue weighted by Crippen LogP contribution is -2.24. The molecule has 2 aromatic heterocycles. The van der Waals surface area contributed by atoms with E-state index in [0.717, 1.165) is 46.8 Å². The molecule has 0 fully saturated rings. The first-order valence-electron chi connectivity index (χ1n) is 10.5. The maximum atomic E-state index is 12.2. The van der Waals surface area contributed by atoms with Gasteiger partial charge in [0.2, 0.25) is 0 Å². The number of carbonyl (C=O) groups excluding carboxylic acids is 1. The van der Waals surface area contributed by atoms with Crippen LogP contribution in [0.4, 0.5) is 5.82 Å². The Bertz CT molecular complexity index is 949. The second kappa shape index (κ2) is 10.3. The van der Waals surface area contributed by atoms with Gasteiger partial charge in [-0.15, -0.1) is 11.3 Å². The molecular formula is C23H30N4OS. The number of benzene rings is 1. The minimum atomic E-state index is -0.000454. The molecule has 1 amide bonds. The van der Waals surface area contributed by atoms with Crippen LogP contribution in [0, 0.1) is 6.92 Å². The molecular weight excluding hydrogens is 380 g/mol. The van der Waals surface area contributed by atoms with E-state index >= 15 is 0 Å². The molecule has 1 aromatic carbocycles. The smallest absolute Gasteiger partial charge is 0.251 e. The summed E-state index contributed by atoms with van der Waals surface area (Å²) in [4.78, 5) is 23.7. The number of amides is 1. The van der Waals surface area contributed by atoms with E-state index in [2.05, 4.69) is 40.5 Å². The molecule has 3 rings (SSSR count). The molecule has 0 aliphatic carbocycles. The number of carbonyl (C=O) groups is 1. The van der Waals surface area contributed by atoms with Gasteiger partial charge in [-0.05, 0) is 43.5 Å². The minimum Gasteiger partial charge on any atom is -0.365 e. The molecule has 3 aromatic rings. The van der Waals surface area contributed by atoms with Gasteiger partial charge in [0.15, 0.2) is 0 Å². The number of hydrogen-bond acceptors (Lipinski definition) is 5. The van der Waals surface area contributed by atoms with E-state index in [-0.39, 0.29) is 5.91 Å². The highest BCUT2D eigenvalue weighted by Gasteiger charge is 2.10. The van der Waals surface area contributed by atoms with E-state index in [1.807, 2.05) is 31.2 Å². The van der Waals surface area contributed by atoms with Crippen LogP contribution < -0.4 is 10.6 Å². The molecule has 5 nitrogen and oxygen atoms in total. The van der Waals surface area contributed by atoms with Gasteiger partial charge in [0.25, 0.3) is 5.91 Å². The number of aromatic nitrogens is 2. The van der Waals surface area contributed by atoms with Crippen LogP contribution in [-0.2, 0) is 13.0 Å². The quantitative estimate of drug-likeness (QED) is 0.434. The van der Waals surface area contributed by atoms with Crippen molar-refractivity contribution in [3.05, 3.63) is 52.2 Å². The Morgan fingerprint density at radius 3 is 2.59 bits per heavy atom. The van der Waals surface area contributed by atoms with Crippen molar-refractivity contribution in [2.24, 2.45) is 0 Å². The van der Waals surface area contributed by atoms with Gasteiger partial charge in [-0.25, -0.2) is 9.97 Å². The zero-order valence-electron chi connectivity index (χ0n) is 17.5. The number of fused-ring (bicyclic) bond motifs is 1. The third-order valence-corrected chi connectivity index (χ3v) is 6.07. The van der Waals surface area contributed by atoms with Crippen LogP contribution in [-0.4, -0.2) is 22.4 Å². The Hall–Kier alpha value is -2.47. The lowest BCUT2D eigenvalue weighted by atomic mass is 10.1. The summed E-state index contributed by atoms with van der Waals surface area (Å²) in [6.45, 7) is 7.66. The SMILES string of the molecule is CCCCCCNC(=O)c1ccc(CNc2nc(C)nc3sc(CC)cc23)cc1. The zero-order valence-corrected chi connectivity index (χ0v) is 18.4. The summed E-state index contributed by atoms with van der Waals surface area (Å²) in [6, 6.07) is 9.94. The van der Waals surface area contributed by atoms with E-state index in [1.54, 1.807) is 11.3 Å². The molecule has 0 saturated carbocycles. The van der Waals surface area contributed by atoms with Crippen molar-refractivity contribution in [3.63, 3.8) is 0 Å². The Kier molecular flexibility index (Phi) is 7.58. The van der Waals surface area contributed by atoms with Crippen LogP contribution in [0.15, 0.2) is 30.3 Å². The normalized spacial score (nSPS) is 11.0. The molecule has 2 heterocycles. The Morgan fingerprint density at radius 2 is 1.86 bits per heavy atom. The first-order chi connectivity index (χ1) is 14.1. The van der Waals surface area contributed by atoms with Gasteiger partial charge in [-0.3, -0.25) is 4.79 Å². The van der Waals surface area contributed by atoms with Crippen LogP contribution in [0.3, 0.4) is 0 Å². The van der Waals surface area contributed by atoms with Crippen molar-refractivity contribution >= 4 is 33.3 Å². The minimum absolute atomic E-state index is 0.000454. The number of rotatable bonds is 10. The Balaban J connectivity index is 1.58. The fraction of sp³-hybridized carbons (Fsp3) is 0.435. The van der Waals surface area contributed by atoms with Crippen LogP contribution in [0.2, 0.25) is 0 Å². The topological polar surface area (TPSA) is 66.9 Å². The van der Waals surface area contributed by atoms with Gasteiger partial charge >= 0.3 is 0 Å². The summed E-state index contributed by atoms with van der Waals surface area (Å²) in [5.74, 6) is 1.65. The van der Waals surface area contributed by atoms with Crippen molar-refractivity contribution in [2.45, 2.75) is 59.4 Å². The summed E-state index contributed by atoms with van der Waals surface area (Å²) in [7, 11) is 0. The number of anilines is 1. The third kappa shape index (κ3) is 5.76. The predicted molar refractivity (Wildman–Crippen MR) is 122 cm³/mol. The average molecular weight is 411 g/mol. The van der Waals surface area contributed by atoms with Crippen molar-refractivity contribution < 1.29 is 4.79 Å². The van der Waals surface area contributed by atoms with Crippen LogP contribution >= 0.6 is 11.3 Å². The first kappa shape index (κ1) is 21.2. The highest BCUT2D eigenvalue weighted by Crippen LogP contribution is 2.29. The highest BCUT2D eigenvalue weighted by molar-refractivity contribution is 7.18. The maximum Gasteiger partial charge on any atom is 0.251 e. The lowest BCUT2D eigenvalue weighted by molar-refractivity contribution is 0.0953. The standard InChI is InChI=1S/C23H30N4OS/c1-4-6-7-8-13-24-22(28)18-11-9-17(10-12-18)15-25-21-20-14-19(5-2)29-23(20)27-16(3)26-21/h9-12,14H,4-8,13,15H2,1-3H3,(H,24,28)(H,25,26,27). The maximum absolute atomic E-state index is 12.2. The van der Waals surface area contributed by atoms with E-state index in [1.165, 1.54) is 24.1 Å². The van der Waals surface area contributed by atoms with E-state index in [0.29, 0.717) is 12.1 Å². The Morgan fingerprint density at radius 1 is 1.07 bits per heavy atom. The van der Waals surface area contributed by atoms with Gasteiger partial charge in [0, 0.05) is 23.5 Å². The molecule has 0 radical (unpaired) electrons. The Labute approximate surface area is 177 Å². The van der Waals surface area contributed by atoms with Gasteiger partial charge < -0.3 is 10.6 Å². The number of nitrogens with one attached hydrogen (secondary N) is 2. The number of aryl methyl sites for hydroxylation is 2. The van der Waals surface area contributed by atoms with Gasteiger partial charge in [0.05, 0.1) is 5.39 Å². The van der Waals surface area contributed by atoms with Crippen molar-refractivity contribution in [1.29, 1.82) is 0 Å². The predicted octanol–water partition coefficient (Wildman–Crippen LogP) is 5.48. The number of hydrogen-bond donors (Lipinski definition) is 2. The molecule has 6 heteroatoms. The molecule has 154 valence electrons. The van der Waals surface area contributed by atoms with Crippen LogP contribution in [0.5, 0.6) is 0 Å². The second-order valence-corrected chi connectivity index (χ2v) is 8.39.